The SMILES string of the molecule is CC(C)(C)c1ccc(OCC2(Cn3nc4c(-c5ccc(C(C)(C)C)cc5)ccc(-c5ccc(C(C)(C)C)cc5)c4n3)CC2Oc2ccc(C(C)(C)C)cc2)cc1. The molecule has 2 atom stereocenters. The third-order valence-corrected chi connectivity index (χ3v) is 11.5. The van der Waals surface area contributed by atoms with Gasteiger partial charge in [-0.2, -0.15) is 15.0 Å². The molecule has 0 spiro atoms. The molecule has 5 aromatic carbocycles. The van der Waals surface area contributed by atoms with Gasteiger partial charge in [0.25, 0.3) is 0 Å². The zero-order valence-corrected chi connectivity index (χ0v) is 35.7. The van der Waals surface area contributed by atoms with Gasteiger partial charge in [-0.05, 0) is 85.7 Å². The normalized spacial score (nSPS) is 17.6. The number of hydrogen-bond acceptors (Lipinski definition) is 4. The van der Waals surface area contributed by atoms with E-state index in [9.17, 15) is 0 Å². The molecule has 292 valence electrons. The van der Waals surface area contributed by atoms with Gasteiger partial charge in [0, 0.05) is 11.1 Å². The van der Waals surface area contributed by atoms with Crippen LogP contribution in [0.2, 0.25) is 0 Å². The van der Waals surface area contributed by atoms with Gasteiger partial charge in [-0.1, -0.05) is 168 Å². The maximum Gasteiger partial charge on any atom is 0.121 e. The van der Waals surface area contributed by atoms with Crippen LogP contribution in [0.5, 0.6) is 11.5 Å². The Bertz CT molecular complexity index is 2200. The van der Waals surface area contributed by atoms with E-state index < -0.39 is 0 Å². The number of fused-ring (bicyclic) bond motifs is 1. The van der Waals surface area contributed by atoms with Crippen LogP contribution in [0.3, 0.4) is 0 Å². The fraction of sp³-hybridized carbons (Fsp3) is 0.412. The van der Waals surface area contributed by atoms with E-state index in [4.69, 9.17) is 19.7 Å². The van der Waals surface area contributed by atoms with Gasteiger partial charge in [0.15, 0.2) is 0 Å². The van der Waals surface area contributed by atoms with Crippen molar-refractivity contribution < 1.29 is 9.47 Å². The molecular weight excluding hydrogens is 687 g/mol. The van der Waals surface area contributed by atoms with Crippen LogP contribution in [-0.4, -0.2) is 27.7 Å². The fourth-order valence-electron chi connectivity index (χ4n) is 7.47. The Hall–Kier alpha value is -4.90. The molecule has 1 heterocycles. The number of aromatic nitrogens is 3. The highest BCUT2D eigenvalue weighted by Gasteiger charge is 2.58. The van der Waals surface area contributed by atoms with Crippen LogP contribution in [0.1, 0.15) is 112 Å². The van der Waals surface area contributed by atoms with Crippen molar-refractivity contribution in [2.24, 2.45) is 5.41 Å². The summed E-state index contributed by atoms with van der Waals surface area (Å²) in [6.45, 7) is 28.0. The molecule has 7 rings (SSSR count). The van der Waals surface area contributed by atoms with E-state index in [1.54, 1.807) is 0 Å². The number of hydrogen-bond donors (Lipinski definition) is 0. The van der Waals surface area contributed by atoms with Gasteiger partial charge in [0.2, 0.25) is 0 Å². The van der Waals surface area contributed by atoms with E-state index in [-0.39, 0.29) is 33.2 Å². The highest BCUT2D eigenvalue weighted by Crippen LogP contribution is 2.50. The Morgan fingerprint density at radius 2 is 0.857 bits per heavy atom. The second-order valence-corrected chi connectivity index (χ2v) is 20.3. The average Bonchev–Trinajstić information content (AvgIpc) is 3.61. The molecule has 6 aromatic rings. The van der Waals surface area contributed by atoms with Crippen molar-refractivity contribution in [2.75, 3.05) is 6.61 Å². The average molecular weight is 748 g/mol. The zero-order valence-electron chi connectivity index (χ0n) is 35.7. The summed E-state index contributed by atoms with van der Waals surface area (Å²) >= 11 is 0. The molecule has 56 heavy (non-hydrogen) atoms. The summed E-state index contributed by atoms with van der Waals surface area (Å²) in [4.78, 5) is 1.91. The standard InChI is InChI=1S/C51H61N3O2/c1-47(2,3)36-17-13-34(14-18-36)42-29-30-43(35-15-19-37(20-16-35)48(4,5)6)46-45(42)52-54(53-46)32-51(33-55-40-25-21-38(22-26-40)49(7,8)9)31-44(51)56-41-27-23-39(24-28-41)50(10,11)12/h13-30,44H,31-33H2,1-12H3. The van der Waals surface area contributed by atoms with Crippen molar-refractivity contribution in [3.8, 4) is 33.8 Å². The van der Waals surface area contributed by atoms with Crippen molar-refractivity contribution >= 4 is 11.0 Å². The molecule has 0 radical (unpaired) electrons. The van der Waals surface area contributed by atoms with Gasteiger partial charge < -0.3 is 9.47 Å². The lowest BCUT2D eigenvalue weighted by Crippen LogP contribution is -2.27. The summed E-state index contributed by atoms with van der Waals surface area (Å²) in [6, 6.07) is 39.4. The van der Waals surface area contributed by atoms with Crippen LogP contribution in [0, 0.1) is 5.41 Å². The van der Waals surface area contributed by atoms with Crippen molar-refractivity contribution in [1.29, 1.82) is 0 Å². The Labute approximate surface area is 335 Å². The van der Waals surface area contributed by atoms with Crippen LogP contribution in [0.25, 0.3) is 33.3 Å². The van der Waals surface area contributed by atoms with E-state index in [1.165, 1.54) is 22.3 Å². The van der Waals surface area contributed by atoms with Gasteiger partial charge in [0.1, 0.15) is 28.6 Å². The lowest BCUT2D eigenvalue weighted by molar-refractivity contribution is 0.149. The van der Waals surface area contributed by atoms with Crippen molar-refractivity contribution in [1.82, 2.24) is 15.0 Å². The van der Waals surface area contributed by atoms with Crippen molar-refractivity contribution in [3.05, 3.63) is 131 Å². The quantitative estimate of drug-likeness (QED) is 0.148. The number of nitrogens with zero attached hydrogens (tertiary/aromatic N) is 3. The van der Waals surface area contributed by atoms with E-state index in [0.29, 0.717) is 13.2 Å². The van der Waals surface area contributed by atoms with Gasteiger partial charge in [0.05, 0.1) is 18.6 Å². The lowest BCUT2D eigenvalue weighted by atomic mass is 9.85. The maximum atomic E-state index is 6.72. The van der Waals surface area contributed by atoms with E-state index in [2.05, 4.69) is 192 Å². The molecule has 0 amide bonds. The second-order valence-electron chi connectivity index (χ2n) is 20.3. The highest BCUT2D eigenvalue weighted by atomic mass is 16.5. The lowest BCUT2D eigenvalue weighted by Gasteiger charge is -2.21. The molecule has 1 aliphatic rings. The molecule has 0 bridgehead atoms. The Morgan fingerprint density at radius 3 is 1.23 bits per heavy atom. The summed E-state index contributed by atoms with van der Waals surface area (Å²) in [7, 11) is 0. The minimum absolute atomic E-state index is 0.0419. The van der Waals surface area contributed by atoms with Gasteiger partial charge in [-0.3, -0.25) is 0 Å². The molecule has 0 N–H and O–H groups in total. The molecule has 0 saturated heterocycles. The van der Waals surface area contributed by atoms with E-state index in [0.717, 1.165) is 51.2 Å². The second kappa shape index (κ2) is 14.2. The fourth-order valence-corrected chi connectivity index (χ4v) is 7.47. The Kier molecular flexibility index (Phi) is 10.0. The molecule has 1 saturated carbocycles. The first kappa shape index (κ1) is 39.3. The number of ether oxygens (including phenoxy) is 2. The molecule has 5 heteroatoms. The molecule has 5 nitrogen and oxygen atoms in total. The number of benzene rings is 5. The molecule has 1 aromatic heterocycles. The minimum Gasteiger partial charge on any atom is -0.493 e. The van der Waals surface area contributed by atoms with Crippen LogP contribution in [-0.2, 0) is 28.2 Å². The van der Waals surface area contributed by atoms with Crippen LogP contribution < -0.4 is 9.47 Å². The molecule has 0 aliphatic heterocycles. The minimum atomic E-state index is -0.316. The first-order chi connectivity index (χ1) is 26.2. The van der Waals surface area contributed by atoms with Crippen LogP contribution in [0.4, 0.5) is 0 Å². The third-order valence-electron chi connectivity index (χ3n) is 11.5. The summed E-state index contributed by atoms with van der Waals surface area (Å²) < 4.78 is 13.3. The molecule has 2 unspecified atom stereocenters. The highest BCUT2D eigenvalue weighted by molar-refractivity contribution is 6.00. The van der Waals surface area contributed by atoms with Gasteiger partial charge >= 0.3 is 0 Å². The summed E-state index contributed by atoms with van der Waals surface area (Å²) in [5, 5.41) is 10.6. The number of rotatable bonds is 9. The monoisotopic (exact) mass is 747 g/mol. The summed E-state index contributed by atoms with van der Waals surface area (Å²) in [6.07, 6.45) is 0.800. The Morgan fingerprint density at radius 1 is 0.500 bits per heavy atom. The third kappa shape index (κ3) is 8.43. The summed E-state index contributed by atoms with van der Waals surface area (Å²) in [5.74, 6) is 1.73. The smallest absolute Gasteiger partial charge is 0.121 e. The first-order valence-electron chi connectivity index (χ1n) is 20.3. The van der Waals surface area contributed by atoms with Crippen molar-refractivity contribution in [3.63, 3.8) is 0 Å². The van der Waals surface area contributed by atoms with Crippen molar-refractivity contribution in [2.45, 2.75) is 124 Å². The maximum absolute atomic E-state index is 6.72. The largest absolute Gasteiger partial charge is 0.493 e. The van der Waals surface area contributed by atoms with E-state index in [1.807, 2.05) is 4.80 Å². The topological polar surface area (TPSA) is 49.2 Å². The predicted molar refractivity (Wildman–Crippen MR) is 233 cm³/mol. The van der Waals surface area contributed by atoms with Crippen LogP contribution >= 0.6 is 0 Å². The van der Waals surface area contributed by atoms with E-state index >= 15 is 0 Å². The summed E-state index contributed by atoms with van der Waals surface area (Å²) in [5.41, 5.74) is 11.4. The molecule has 1 fully saturated rings. The zero-order chi connectivity index (χ0) is 40.3. The molecular formula is C51H61N3O2. The predicted octanol–water partition coefficient (Wildman–Crippen LogP) is 12.9. The first-order valence-corrected chi connectivity index (χ1v) is 20.3. The Balaban J connectivity index is 1.26. The molecule has 1 aliphatic carbocycles. The van der Waals surface area contributed by atoms with Crippen LogP contribution in [0.15, 0.2) is 109 Å². The van der Waals surface area contributed by atoms with Gasteiger partial charge in [-0.25, -0.2) is 0 Å². The van der Waals surface area contributed by atoms with Gasteiger partial charge in [-0.15, -0.1) is 0 Å².